The molecule has 0 bridgehead atoms. The van der Waals surface area contributed by atoms with Crippen molar-refractivity contribution in [2.24, 2.45) is 5.73 Å². The van der Waals surface area contributed by atoms with E-state index in [2.05, 4.69) is 0 Å². The summed E-state index contributed by atoms with van der Waals surface area (Å²) in [5.41, 5.74) is 6.13. The highest BCUT2D eigenvalue weighted by atomic mass is 32.2. The molecule has 1 heterocycles. The predicted molar refractivity (Wildman–Crippen MR) is 86.7 cm³/mol. The van der Waals surface area contributed by atoms with E-state index < -0.39 is 15.3 Å². The Balaban J connectivity index is 1.96. The van der Waals surface area contributed by atoms with Gasteiger partial charge in [0.2, 0.25) is 10.0 Å². The maximum absolute atomic E-state index is 12.5. The van der Waals surface area contributed by atoms with Crippen LogP contribution in [0.4, 0.5) is 5.69 Å². The van der Waals surface area contributed by atoms with Crippen molar-refractivity contribution in [3.05, 3.63) is 54.6 Å². The molecule has 116 valence electrons. The van der Waals surface area contributed by atoms with Crippen LogP contribution in [0.1, 0.15) is 6.42 Å². The lowest BCUT2D eigenvalue weighted by Crippen LogP contribution is -2.33. The van der Waals surface area contributed by atoms with E-state index in [4.69, 9.17) is 10.5 Å². The van der Waals surface area contributed by atoms with Crippen molar-refractivity contribution in [2.75, 3.05) is 17.4 Å². The summed E-state index contributed by atoms with van der Waals surface area (Å²) < 4.78 is 32.3. The van der Waals surface area contributed by atoms with Crippen LogP contribution in [0.3, 0.4) is 0 Å². The standard InChI is InChI=1S/C16H18N2O3S/c17-12-14-10-11-18(22(14,19)20)15-8-4-5-9-16(15)21-13-6-2-1-3-7-13/h1-9,14H,10-12,17H2/t14-/m0/s1. The Hall–Kier alpha value is -2.05. The third kappa shape index (κ3) is 2.67. The smallest absolute Gasteiger partial charge is 0.239 e. The minimum Gasteiger partial charge on any atom is -0.455 e. The third-order valence-corrected chi connectivity index (χ3v) is 6.01. The second kappa shape index (κ2) is 5.98. The molecule has 6 heteroatoms. The topological polar surface area (TPSA) is 72.6 Å². The summed E-state index contributed by atoms with van der Waals surface area (Å²) in [6.07, 6.45) is 0.540. The summed E-state index contributed by atoms with van der Waals surface area (Å²) in [5.74, 6) is 1.19. The van der Waals surface area contributed by atoms with Gasteiger partial charge in [-0.05, 0) is 30.7 Å². The summed E-state index contributed by atoms with van der Waals surface area (Å²) in [6, 6.07) is 16.5. The molecule has 0 aromatic heterocycles. The molecule has 1 aliphatic heterocycles. The molecule has 1 atom stereocenters. The fraction of sp³-hybridized carbons (Fsp3) is 0.250. The first kappa shape index (κ1) is 14.9. The number of benzene rings is 2. The normalized spacial score (nSPS) is 20.0. The average Bonchev–Trinajstić information content (AvgIpc) is 2.83. The lowest BCUT2D eigenvalue weighted by molar-refractivity contribution is 0.483. The quantitative estimate of drug-likeness (QED) is 0.939. The van der Waals surface area contributed by atoms with Crippen molar-refractivity contribution >= 4 is 15.7 Å². The number of para-hydroxylation sites is 3. The van der Waals surface area contributed by atoms with Gasteiger partial charge in [0.25, 0.3) is 0 Å². The van der Waals surface area contributed by atoms with Crippen molar-refractivity contribution < 1.29 is 13.2 Å². The summed E-state index contributed by atoms with van der Waals surface area (Å²) in [5, 5.41) is -0.516. The molecule has 5 nitrogen and oxygen atoms in total. The molecule has 0 aliphatic carbocycles. The molecule has 0 unspecified atom stereocenters. The van der Waals surface area contributed by atoms with Gasteiger partial charge >= 0.3 is 0 Å². The van der Waals surface area contributed by atoms with Crippen molar-refractivity contribution in [1.82, 2.24) is 0 Å². The van der Waals surface area contributed by atoms with E-state index in [-0.39, 0.29) is 6.54 Å². The summed E-state index contributed by atoms with van der Waals surface area (Å²) in [4.78, 5) is 0. The molecule has 0 saturated carbocycles. The highest BCUT2D eigenvalue weighted by molar-refractivity contribution is 7.93. The maximum atomic E-state index is 12.5. The molecule has 0 spiro atoms. The Morgan fingerprint density at radius 1 is 1.09 bits per heavy atom. The van der Waals surface area contributed by atoms with Crippen LogP contribution in [0, 0.1) is 0 Å². The average molecular weight is 318 g/mol. The fourth-order valence-electron chi connectivity index (χ4n) is 2.58. The van der Waals surface area contributed by atoms with Gasteiger partial charge in [-0.15, -0.1) is 0 Å². The van der Waals surface area contributed by atoms with E-state index in [1.165, 1.54) is 4.31 Å². The monoisotopic (exact) mass is 318 g/mol. The van der Waals surface area contributed by atoms with E-state index in [9.17, 15) is 8.42 Å². The summed E-state index contributed by atoms with van der Waals surface area (Å²) in [6.45, 7) is 0.569. The van der Waals surface area contributed by atoms with Crippen LogP contribution in [-0.2, 0) is 10.0 Å². The molecule has 1 aliphatic rings. The molecule has 0 amide bonds. The van der Waals surface area contributed by atoms with E-state index in [0.29, 0.717) is 30.2 Å². The summed E-state index contributed by atoms with van der Waals surface area (Å²) >= 11 is 0. The molecular formula is C16H18N2O3S. The number of nitrogens with zero attached hydrogens (tertiary/aromatic N) is 1. The van der Waals surface area contributed by atoms with Crippen molar-refractivity contribution in [2.45, 2.75) is 11.7 Å². The van der Waals surface area contributed by atoms with E-state index >= 15 is 0 Å². The van der Waals surface area contributed by atoms with E-state index in [1.807, 2.05) is 36.4 Å². The Morgan fingerprint density at radius 2 is 1.77 bits per heavy atom. The molecule has 0 radical (unpaired) electrons. The SMILES string of the molecule is NC[C@@H]1CCN(c2ccccc2Oc2ccccc2)S1(=O)=O. The van der Waals surface area contributed by atoms with Crippen molar-refractivity contribution in [1.29, 1.82) is 0 Å². The van der Waals surface area contributed by atoms with Crippen LogP contribution in [0.25, 0.3) is 0 Å². The minimum atomic E-state index is -3.42. The number of hydrogen-bond donors (Lipinski definition) is 1. The number of anilines is 1. The zero-order valence-electron chi connectivity index (χ0n) is 12.1. The van der Waals surface area contributed by atoms with Gasteiger partial charge < -0.3 is 10.5 Å². The van der Waals surface area contributed by atoms with Gasteiger partial charge in [0.15, 0.2) is 5.75 Å². The number of nitrogens with two attached hydrogens (primary N) is 1. The number of ether oxygens (including phenoxy) is 1. The van der Waals surface area contributed by atoms with E-state index in [1.54, 1.807) is 18.2 Å². The van der Waals surface area contributed by atoms with Crippen LogP contribution in [0.5, 0.6) is 11.5 Å². The van der Waals surface area contributed by atoms with Crippen LogP contribution in [-0.4, -0.2) is 26.8 Å². The van der Waals surface area contributed by atoms with Crippen LogP contribution in [0.2, 0.25) is 0 Å². The third-order valence-electron chi connectivity index (χ3n) is 3.75. The van der Waals surface area contributed by atoms with Crippen LogP contribution < -0.4 is 14.8 Å². The summed E-state index contributed by atoms with van der Waals surface area (Å²) in [7, 11) is -3.42. The zero-order valence-corrected chi connectivity index (χ0v) is 12.9. The highest BCUT2D eigenvalue weighted by Gasteiger charge is 2.39. The molecule has 22 heavy (non-hydrogen) atoms. The second-order valence-corrected chi connectivity index (χ2v) is 7.28. The minimum absolute atomic E-state index is 0.139. The largest absolute Gasteiger partial charge is 0.455 e. The molecule has 1 saturated heterocycles. The molecular weight excluding hydrogens is 300 g/mol. The van der Waals surface area contributed by atoms with Crippen LogP contribution >= 0.6 is 0 Å². The maximum Gasteiger partial charge on any atom is 0.239 e. The van der Waals surface area contributed by atoms with Crippen molar-refractivity contribution in [3.63, 3.8) is 0 Å². The number of rotatable bonds is 4. The van der Waals surface area contributed by atoms with Gasteiger partial charge in [-0.3, -0.25) is 4.31 Å². The van der Waals surface area contributed by atoms with Crippen molar-refractivity contribution in [3.8, 4) is 11.5 Å². The zero-order chi connectivity index (χ0) is 15.6. The molecule has 2 aromatic carbocycles. The van der Waals surface area contributed by atoms with Crippen LogP contribution in [0.15, 0.2) is 54.6 Å². The van der Waals surface area contributed by atoms with Gasteiger partial charge in [0.05, 0.1) is 10.9 Å². The van der Waals surface area contributed by atoms with Gasteiger partial charge in [-0.1, -0.05) is 30.3 Å². The first-order valence-corrected chi connectivity index (χ1v) is 8.67. The first-order chi connectivity index (χ1) is 10.6. The van der Waals surface area contributed by atoms with Gasteiger partial charge in [0, 0.05) is 13.1 Å². The molecule has 1 fully saturated rings. The molecule has 3 rings (SSSR count). The Bertz CT molecular complexity index is 747. The Labute approximate surface area is 130 Å². The fourth-order valence-corrected chi connectivity index (χ4v) is 4.37. The van der Waals surface area contributed by atoms with Gasteiger partial charge in [-0.2, -0.15) is 0 Å². The number of sulfonamides is 1. The lowest BCUT2D eigenvalue weighted by atomic mass is 10.2. The van der Waals surface area contributed by atoms with Gasteiger partial charge in [-0.25, -0.2) is 8.42 Å². The second-order valence-electron chi connectivity index (χ2n) is 5.15. The number of hydrogen-bond acceptors (Lipinski definition) is 4. The van der Waals surface area contributed by atoms with E-state index in [0.717, 1.165) is 0 Å². The van der Waals surface area contributed by atoms with Gasteiger partial charge in [0.1, 0.15) is 5.75 Å². The molecule has 2 N–H and O–H groups in total. The Kier molecular flexibility index (Phi) is 4.04. The highest BCUT2D eigenvalue weighted by Crippen LogP contribution is 2.37. The predicted octanol–water partition coefficient (Wildman–Crippen LogP) is 2.35. The Morgan fingerprint density at radius 3 is 2.45 bits per heavy atom. The molecule has 2 aromatic rings. The lowest BCUT2D eigenvalue weighted by Gasteiger charge is -2.21. The first-order valence-electron chi connectivity index (χ1n) is 7.16.